The maximum Gasteiger partial charge on any atom is 0.120 e. The standard InChI is InChI=1S/C17H27NO/c1-5-12-18(13-6-2)17-10-8-16(9-11-17)15(4)19-14-7-3/h7-11,14-15H,5-6,12-13H2,1-4H3/b14-7-. The Morgan fingerprint density at radius 2 is 1.68 bits per heavy atom. The van der Waals surface area contributed by atoms with E-state index in [1.807, 2.05) is 13.0 Å². The summed E-state index contributed by atoms with van der Waals surface area (Å²) in [4.78, 5) is 2.45. The molecule has 1 atom stereocenters. The van der Waals surface area contributed by atoms with Crippen LogP contribution in [-0.2, 0) is 4.74 Å². The summed E-state index contributed by atoms with van der Waals surface area (Å²) in [6.45, 7) is 10.7. The number of benzene rings is 1. The van der Waals surface area contributed by atoms with Crippen LogP contribution in [0.5, 0.6) is 0 Å². The summed E-state index contributed by atoms with van der Waals surface area (Å²) < 4.78 is 5.58. The third-order valence-electron chi connectivity index (χ3n) is 3.13. The number of ether oxygens (including phenoxy) is 1. The molecule has 0 aliphatic heterocycles. The molecule has 0 aliphatic rings. The molecule has 0 fully saturated rings. The van der Waals surface area contributed by atoms with E-state index in [2.05, 4.69) is 49.9 Å². The molecule has 0 aromatic heterocycles. The van der Waals surface area contributed by atoms with Crippen LogP contribution in [0.15, 0.2) is 36.6 Å². The Labute approximate surface area is 118 Å². The zero-order chi connectivity index (χ0) is 14.1. The van der Waals surface area contributed by atoms with E-state index in [1.165, 1.54) is 24.1 Å². The van der Waals surface area contributed by atoms with E-state index in [1.54, 1.807) is 6.26 Å². The second kappa shape index (κ2) is 8.63. The molecule has 0 spiro atoms. The molecule has 0 saturated heterocycles. The van der Waals surface area contributed by atoms with Crippen LogP contribution in [0.3, 0.4) is 0 Å². The molecule has 0 radical (unpaired) electrons. The lowest BCUT2D eigenvalue weighted by Gasteiger charge is -2.24. The molecule has 0 heterocycles. The number of hydrogen-bond acceptors (Lipinski definition) is 2. The van der Waals surface area contributed by atoms with E-state index in [0.29, 0.717) is 0 Å². The third kappa shape index (κ3) is 4.98. The zero-order valence-electron chi connectivity index (χ0n) is 12.7. The molecule has 0 bridgehead atoms. The van der Waals surface area contributed by atoms with Gasteiger partial charge in [0.05, 0.1) is 6.26 Å². The number of anilines is 1. The summed E-state index contributed by atoms with van der Waals surface area (Å²) in [5.41, 5.74) is 2.53. The number of nitrogens with zero attached hydrogens (tertiary/aromatic N) is 1. The zero-order valence-corrected chi connectivity index (χ0v) is 12.7. The van der Waals surface area contributed by atoms with Crippen LogP contribution in [-0.4, -0.2) is 13.1 Å². The highest BCUT2D eigenvalue weighted by Gasteiger charge is 2.07. The van der Waals surface area contributed by atoms with Gasteiger partial charge in [-0.2, -0.15) is 0 Å². The number of rotatable bonds is 8. The predicted octanol–water partition coefficient (Wildman–Crippen LogP) is 4.92. The Morgan fingerprint density at radius 3 is 2.16 bits per heavy atom. The van der Waals surface area contributed by atoms with Crippen molar-refractivity contribution in [1.82, 2.24) is 0 Å². The topological polar surface area (TPSA) is 12.5 Å². The van der Waals surface area contributed by atoms with Gasteiger partial charge in [0.15, 0.2) is 0 Å². The first-order chi connectivity index (χ1) is 9.22. The van der Waals surface area contributed by atoms with Crippen molar-refractivity contribution in [2.45, 2.75) is 46.6 Å². The first-order valence-corrected chi connectivity index (χ1v) is 7.34. The fourth-order valence-electron chi connectivity index (χ4n) is 2.14. The maximum atomic E-state index is 5.58. The minimum atomic E-state index is 0.107. The van der Waals surface area contributed by atoms with Crippen molar-refractivity contribution in [3.05, 3.63) is 42.2 Å². The fraction of sp³-hybridized carbons (Fsp3) is 0.529. The summed E-state index contributed by atoms with van der Waals surface area (Å²) in [6, 6.07) is 8.75. The second-order valence-electron chi connectivity index (χ2n) is 4.83. The quantitative estimate of drug-likeness (QED) is 0.616. The monoisotopic (exact) mass is 261 g/mol. The molecule has 1 aromatic rings. The van der Waals surface area contributed by atoms with Crippen LogP contribution in [0.1, 0.15) is 52.2 Å². The lowest BCUT2D eigenvalue weighted by molar-refractivity contribution is 0.164. The van der Waals surface area contributed by atoms with Gasteiger partial charge in [-0.1, -0.05) is 32.1 Å². The van der Waals surface area contributed by atoms with E-state index in [-0.39, 0.29) is 6.10 Å². The average molecular weight is 261 g/mol. The highest BCUT2D eigenvalue weighted by atomic mass is 16.5. The third-order valence-corrected chi connectivity index (χ3v) is 3.13. The molecule has 1 rings (SSSR count). The summed E-state index contributed by atoms with van der Waals surface area (Å²) in [5, 5.41) is 0. The van der Waals surface area contributed by atoms with Crippen LogP contribution in [0.4, 0.5) is 5.69 Å². The molecular formula is C17H27NO. The van der Waals surface area contributed by atoms with Crippen molar-refractivity contribution in [3.8, 4) is 0 Å². The highest BCUT2D eigenvalue weighted by Crippen LogP contribution is 2.22. The molecular weight excluding hydrogens is 234 g/mol. The van der Waals surface area contributed by atoms with Crippen molar-refractivity contribution in [3.63, 3.8) is 0 Å². The van der Waals surface area contributed by atoms with Crippen LogP contribution < -0.4 is 4.90 Å². The lowest BCUT2D eigenvalue weighted by atomic mass is 10.1. The van der Waals surface area contributed by atoms with Crippen molar-refractivity contribution < 1.29 is 4.74 Å². The Kier molecular flexibility index (Phi) is 7.09. The Balaban J connectivity index is 2.73. The average Bonchev–Trinajstić information content (AvgIpc) is 2.44. The van der Waals surface area contributed by atoms with Crippen molar-refractivity contribution in [1.29, 1.82) is 0 Å². The highest BCUT2D eigenvalue weighted by molar-refractivity contribution is 5.47. The van der Waals surface area contributed by atoms with E-state index in [4.69, 9.17) is 4.74 Å². The van der Waals surface area contributed by atoms with Gasteiger partial charge in [0.2, 0.25) is 0 Å². The van der Waals surface area contributed by atoms with Gasteiger partial charge in [-0.25, -0.2) is 0 Å². The van der Waals surface area contributed by atoms with E-state index in [0.717, 1.165) is 13.1 Å². The Morgan fingerprint density at radius 1 is 1.11 bits per heavy atom. The van der Waals surface area contributed by atoms with E-state index >= 15 is 0 Å². The van der Waals surface area contributed by atoms with Gasteiger partial charge in [0, 0.05) is 18.8 Å². The lowest BCUT2D eigenvalue weighted by Crippen LogP contribution is -2.24. The summed E-state index contributed by atoms with van der Waals surface area (Å²) >= 11 is 0. The molecule has 1 aromatic carbocycles. The van der Waals surface area contributed by atoms with Crippen LogP contribution >= 0.6 is 0 Å². The summed E-state index contributed by atoms with van der Waals surface area (Å²) in [6.07, 6.45) is 6.13. The first-order valence-electron chi connectivity index (χ1n) is 7.34. The van der Waals surface area contributed by atoms with Gasteiger partial charge in [0.1, 0.15) is 6.10 Å². The van der Waals surface area contributed by atoms with Gasteiger partial charge in [-0.3, -0.25) is 0 Å². The summed E-state index contributed by atoms with van der Waals surface area (Å²) in [7, 11) is 0. The molecule has 0 saturated carbocycles. The van der Waals surface area contributed by atoms with Gasteiger partial charge >= 0.3 is 0 Å². The SMILES string of the molecule is C/C=C\OC(C)c1ccc(N(CCC)CCC)cc1. The summed E-state index contributed by atoms with van der Waals surface area (Å²) in [5.74, 6) is 0. The van der Waals surface area contributed by atoms with Crippen LogP contribution in [0, 0.1) is 0 Å². The van der Waals surface area contributed by atoms with Gasteiger partial charge < -0.3 is 9.64 Å². The van der Waals surface area contributed by atoms with Gasteiger partial charge in [-0.05, 0) is 44.4 Å². The maximum absolute atomic E-state index is 5.58. The second-order valence-corrected chi connectivity index (χ2v) is 4.83. The molecule has 19 heavy (non-hydrogen) atoms. The van der Waals surface area contributed by atoms with Crippen molar-refractivity contribution in [2.75, 3.05) is 18.0 Å². The molecule has 1 unspecified atom stereocenters. The molecule has 0 N–H and O–H groups in total. The first kappa shape index (κ1) is 15.6. The molecule has 0 aliphatic carbocycles. The Bertz CT molecular complexity index is 363. The minimum Gasteiger partial charge on any atom is -0.494 e. The van der Waals surface area contributed by atoms with Crippen molar-refractivity contribution >= 4 is 5.69 Å². The largest absolute Gasteiger partial charge is 0.494 e. The molecule has 2 nitrogen and oxygen atoms in total. The molecule has 2 heteroatoms. The normalized spacial score (nSPS) is 12.6. The van der Waals surface area contributed by atoms with Crippen LogP contribution in [0.25, 0.3) is 0 Å². The predicted molar refractivity (Wildman–Crippen MR) is 83.6 cm³/mol. The minimum absolute atomic E-state index is 0.107. The molecule has 106 valence electrons. The van der Waals surface area contributed by atoms with Gasteiger partial charge in [-0.15, -0.1) is 0 Å². The number of allylic oxidation sites excluding steroid dienone is 1. The van der Waals surface area contributed by atoms with Crippen LogP contribution in [0.2, 0.25) is 0 Å². The smallest absolute Gasteiger partial charge is 0.120 e. The fourth-order valence-corrected chi connectivity index (χ4v) is 2.14. The van der Waals surface area contributed by atoms with Crippen molar-refractivity contribution in [2.24, 2.45) is 0 Å². The Hall–Kier alpha value is -1.44. The van der Waals surface area contributed by atoms with Gasteiger partial charge in [0.25, 0.3) is 0 Å². The molecule has 0 amide bonds. The van der Waals surface area contributed by atoms with E-state index < -0.39 is 0 Å². The number of hydrogen-bond donors (Lipinski definition) is 0. The van der Waals surface area contributed by atoms with E-state index in [9.17, 15) is 0 Å².